The third kappa shape index (κ3) is 3.49. The molecular weight excluding hydrogens is 371 g/mol. The molecule has 1 saturated heterocycles. The van der Waals surface area contributed by atoms with Gasteiger partial charge in [0.1, 0.15) is 11.4 Å². The Balaban J connectivity index is 1.70. The van der Waals surface area contributed by atoms with Crippen molar-refractivity contribution < 1.29 is 18.3 Å². The molecule has 3 heterocycles. The zero-order valence-corrected chi connectivity index (χ0v) is 15.2. The van der Waals surface area contributed by atoms with E-state index in [0.29, 0.717) is 23.2 Å². The molecule has 0 amide bonds. The summed E-state index contributed by atoms with van der Waals surface area (Å²) in [5, 5.41) is 22.0. The smallest absolute Gasteiger partial charge is 0.416 e. The lowest BCUT2D eigenvalue weighted by molar-refractivity contribution is -0.137. The van der Waals surface area contributed by atoms with Crippen LogP contribution in [0.15, 0.2) is 36.5 Å². The monoisotopic (exact) mass is 391 g/mol. The van der Waals surface area contributed by atoms with Gasteiger partial charge < -0.3 is 15.3 Å². The zero-order valence-electron chi connectivity index (χ0n) is 15.2. The second kappa shape index (κ2) is 6.97. The van der Waals surface area contributed by atoms with Gasteiger partial charge in [-0.25, -0.2) is 0 Å². The Morgan fingerprint density at radius 3 is 2.75 bits per heavy atom. The summed E-state index contributed by atoms with van der Waals surface area (Å²) in [5.41, 5.74) is 0.264. The first-order valence-corrected chi connectivity index (χ1v) is 9.02. The molecule has 0 saturated carbocycles. The van der Waals surface area contributed by atoms with Gasteiger partial charge in [0.2, 0.25) is 5.95 Å². The van der Waals surface area contributed by atoms with Gasteiger partial charge in [0.25, 0.3) is 0 Å². The number of nitrogens with zero attached hydrogens (tertiary/aromatic N) is 4. The molecule has 0 aliphatic carbocycles. The summed E-state index contributed by atoms with van der Waals surface area (Å²) in [4.78, 5) is 2.25. The highest BCUT2D eigenvalue weighted by atomic mass is 19.4. The van der Waals surface area contributed by atoms with Crippen LogP contribution in [0.1, 0.15) is 18.4 Å². The normalized spacial score (nSPS) is 18.5. The second-order valence-electron chi connectivity index (χ2n) is 7.11. The Morgan fingerprint density at radius 1 is 1.21 bits per heavy atom. The van der Waals surface area contributed by atoms with Crippen LogP contribution in [-0.4, -0.2) is 50.8 Å². The minimum absolute atomic E-state index is 0.202. The fourth-order valence-electron chi connectivity index (χ4n) is 3.62. The second-order valence-corrected chi connectivity index (χ2v) is 7.11. The molecule has 2 N–H and O–H groups in total. The Morgan fingerprint density at radius 2 is 2.04 bits per heavy atom. The number of phenolic OH excluding ortho intramolecular Hbond substituents is 1. The van der Waals surface area contributed by atoms with Crippen molar-refractivity contribution in [2.75, 3.05) is 25.5 Å². The van der Waals surface area contributed by atoms with Crippen LogP contribution in [0.3, 0.4) is 0 Å². The van der Waals surface area contributed by atoms with E-state index in [2.05, 4.69) is 27.5 Å². The summed E-state index contributed by atoms with van der Waals surface area (Å²) >= 11 is 0. The van der Waals surface area contributed by atoms with E-state index in [9.17, 15) is 18.3 Å². The summed E-state index contributed by atoms with van der Waals surface area (Å²) in [6.45, 7) is 1.96. The van der Waals surface area contributed by atoms with Crippen molar-refractivity contribution in [3.05, 3.63) is 42.1 Å². The summed E-state index contributed by atoms with van der Waals surface area (Å²) in [5.74, 6) is 0.0808. The average molecular weight is 391 g/mol. The lowest BCUT2D eigenvalue weighted by atomic mass is 10.1. The Labute approximate surface area is 159 Å². The van der Waals surface area contributed by atoms with E-state index in [1.807, 2.05) is 12.3 Å². The number of likely N-dealkylation sites (N-methyl/N-ethyl adjacent to an activating group) is 1. The number of piperidine rings is 1. The number of rotatable bonds is 3. The predicted molar refractivity (Wildman–Crippen MR) is 99.2 cm³/mol. The number of phenols is 1. The van der Waals surface area contributed by atoms with Crippen molar-refractivity contribution in [1.29, 1.82) is 0 Å². The van der Waals surface area contributed by atoms with Gasteiger partial charge in [-0.05, 0) is 56.8 Å². The Bertz CT molecular complexity index is 1000. The fourth-order valence-corrected chi connectivity index (χ4v) is 3.62. The molecule has 1 aliphatic heterocycles. The molecule has 6 nitrogen and oxygen atoms in total. The maximum Gasteiger partial charge on any atom is 0.416 e. The molecule has 1 atom stereocenters. The fraction of sp³-hybridized carbons (Fsp3) is 0.368. The number of likely N-dealkylation sites (tertiary alicyclic amines) is 1. The largest absolute Gasteiger partial charge is 0.507 e. The molecular formula is C19H20F3N5O. The van der Waals surface area contributed by atoms with Crippen LogP contribution in [0.5, 0.6) is 5.75 Å². The number of nitrogens with one attached hydrogen (secondary N) is 1. The molecule has 3 aromatic rings. The number of benzene rings is 1. The first kappa shape index (κ1) is 18.5. The van der Waals surface area contributed by atoms with Crippen LogP contribution in [-0.2, 0) is 6.18 Å². The molecule has 2 aromatic heterocycles. The van der Waals surface area contributed by atoms with Gasteiger partial charge in [-0.15, -0.1) is 10.2 Å². The Kier molecular flexibility index (Phi) is 4.62. The van der Waals surface area contributed by atoms with E-state index in [4.69, 9.17) is 0 Å². The molecule has 148 valence electrons. The van der Waals surface area contributed by atoms with Gasteiger partial charge in [-0.1, -0.05) is 0 Å². The molecule has 0 spiro atoms. The number of aromatic hydroxyl groups is 1. The quantitative estimate of drug-likeness (QED) is 0.714. The Hall–Kier alpha value is -2.81. The van der Waals surface area contributed by atoms with Crippen molar-refractivity contribution in [1.82, 2.24) is 19.5 Å². The van der Waals surface area contributed by atoms with Crippen LogP contribution in [0.4, 0.5) is 19.1 Å². The molecule has 1 fully saturated rings. The highest BCUT2D eigenvalue weighted by Gasteiger charge is 2.31. The summed E-state index contributed by atoms with van der Waals surface area (Å²) in [6.07, 6.45) is -0.597. The van der Waals surface area contributed by atoms with Gasteiger partial charge in [-0.3, -0.25) is 4.40 Å². The first-order chi connectivity index (χ1) is 13.3. The number of aromatic nitrogens is 3. The van der Waals surface area contributed by atoms with Crippen LogP contribution in [0.25, 0.3) is 16.8 Å². The van der Waals surface area contributed by atoms with E-state index in [1.165, 1.54) is 6.07 Å². The summed E-state index contributed by atoms with van der Waals surface area (Å²) in [7, 11) is 2.07. The lowest BCUT2D eigenvalue weighted by Crippen LogP contribution is -2.40. The van der Waals surface area contributed by atoms with Crippen molar-refractivity contribution in [2.24, 2.45) is 0 Å². The van der Waals surface area contributed by atoms with Gasteiger partial charge in [0.15, 0.2) is 0 Å². The minimum Gasteiger partial charge on any atom is -0.507 e. The minimum atomic E-state index is -4.52. The highest BCUT2D eigenvalue weighted by molar-refractivity contribution is 5.81. The van der Waals surface area contributed by atoms with Crippen molar-refractivity contribution in [3.8, 4) is 17.0 Å². The summed E-state index contributed by atoms with van der Waals surface area (Å²) < 4.78 is 40.4. The number of fused-ring (bicyclic) bond motifs is 1. The zero-order chi connectivity index (χ0) is 19.9. The van der Waals surface area contributed by atoms with Gasteiger partial charge in [-0.2, -0.15) is 13.2 Å². The number of hydrogen-bond donors (Lipinski definition) is 2. The summed E-state index contributed by atoms with van der Waals surface area (Å²) in [6, 6.07) is 6.70. The topological polar surface area (TPSA) is 65.7 Å². The number of anilines is 1. The van der Waals surface area contributed by atoms with Crippen LogP contribution < -0.4 is 5.32 Å². The maximum absolute atomic E-state index is 12.9. The molecule has 9 heteroatoms. The lowest BCUT2D eigenvalue weighted by Gasteiger charge is -2.30. The number of halogens is 3. The van der Waals surface area contributed by atoms with Crippen molar-refractivity contribution >= 4 is 11.5 Å². The average Bonchev–Trinajstić information content (AvgIpc) is 3.12. The van der Waals surface area contributed by atoms with Gasteiger partial charge >= 0.3 is 6.18 Å². The molecule has 4 rings (SSSR count). The molecule has 0 radical (unpaired) electrons. The van der Waals surface area contributed by atoms with E-state index >= 15 is 0 Å². The van der Waals surface area contributed by atoms with Gasteiger partial charge in [0, 0.05) is 24.3 Å². The first-order valence-electron chi connectivity index (χ1n) is 9.02. The van der Waals surface area contributed by atoms with Crippen LogP contribution >= 0.6 is 0 Å². The molecule has 28 heavy (non-hydrogen) atoms. The molecule has 1 unspecified atom stereocenters. The molecule has 1 aromatic carbocycles. The van der Waals surface area contributed by atoms with E-state index < -0.39 is 17.5 Å². The SMILES string of the molecule is CN1CCCC(Nc2nnc(-c3ccc(C(F)(F)F)cc3O)c3cccn23)C1. The third-order valence-electron chi connectivity index (χ3n) is 5.00. The van der Waals surface area contributed by atoms with Crippen molar-refractivity contribution in [3.63, 3.8) is 0 Å². The van der Waals surface area contributed by atoms with E-state index in [-0.39, 0.29) is 11.6 Å². The van der Waals surface area contributed by atoms with Crippen LogP contribution in [0, 0.1) is 0 Å². The number of hydrogen-bond acceptors (Lipinski definition) is 5. The van der Waals surface area contributed by atoms with E-state index in [0.717, 1.165) is 32.0 Å². The number of alkyl halides is 3. The molecule has 1 aliphatic rings. The maximum atomic E-state index is 12.9. The highest BCUT2D eigenvalue weighted by Crippen LogP contribution is 2.37. The van der Waals surface area contributed by atoms with Crippen LogP contribution in [0.2, 0.25) is 0 Å². The van der Waals surface area contributed by atoms with E-state index in [1.54, 1.807) is 10.5 Å². The van der Waals surface area contributed by atoms with Gasteiger partial charge in [0.05, 0.1) is 11.1 Å². The third-order valence-corrected chi connectivity index (χ3v) is 5.00. The molecule has 0 bridgehead atoms. The standard InChI is InChI=1S/C19H20F3N5O/c1-26-8-2-4-13(11-26)23-18-25-24-17(15-5-3-9-27(15)18)14-7-6-12(10-16(14)28)19(20,21)22/h3,5-7,9-10,13,28H,2,4,8,11H2,1H3,(H,23,25). The predicted octanol–water partition coefficient (Wildman–Crippen LogP) is 3.63. The van der Waals surface area contributed by atoms with Crippen molar-refractivity contribution in [2.45, 2.75) is 25.1 Å².